The molecule has 1 aliphatic rings. The predicted octanol–water partition coefficient (Wildman–Crippen LogP) is 2.98. The highest BCUT2D eigenvalue weighted by Crippen LogP contribution is 2.25. The highest BCUT2D eigenvalue weighted by Gasteiger charge is 2.20. The van der Waals surface area contributed by atoms with Crippen LogP contribution in [0.3, 0.4) is 0 Å². The van der Waals surface area contributed by atoms with E-state index < -0.39 is 0 Å². The molecule has 1 N–H and O–H groups in total. The van der Waals surface area contributed by atoms with E-state index in [0.717, 1.165) is 24.9 Å². The topological polar surface area (TPSA) is 24.9 Å². The van der Waals surface area contributed by atoms with Gasteiger partial charge in [-0.2, -0.15) is 0 Å². The molecule has 2 atom stereocenters. The zero-order valence-corrected chi connectivity index (χ0v) is 10.4. The van der Waals surface area contributed by atoms with Gasteiger partial charge in [-0.05, 0) is 31.6 Å². The molecule has 84 valence electrons. The van der Waals surface area contributed by atoms with Crippen LogP contribution in [0, 0.1) is 5.92 Å². The van der Waals surface area contributed by atoms with Crippen LogP contribution < -0.4 is 5.32 Å². The van der Waals surface area contributed by atoms with Gasteiger partial charge in [0.15, 0.2) is 0 Å². The van der Waals surface area contributed by atoms with Gasteiger partial charge in [0.2, 0.25) is 0 Å². The van der Waals surface area contributed by atoms with Crippen molar-refractivity contribution in [1.29, 1.82) is 0 Å². The number of aromatic nitrogens is 1. The summed E-state index contributed by atoms with van der Waals surface area (Å²) in [5.74, 6) is 0.907. The Bertz CT molecular complexity index is 308. The van der Waals surface area contributed by atoms with Gasteiger partial charge in [-0.25, -0.2) is 4.98 Å². The summed E-state index contributed by atoms with van der Waals surface area (Å²) in [7, 11) is 0. The highest BCUT2D eigenvalue weighted by atomic mass is 32.1. The van der Waals surface area contributed by atoms with E-state index in [4.69, 9.17) is 0 Å². The van der Waals surface area contributed by atoms with Crippen LogP contribution in [0.1, 0.15) is 43.0 Å². The third-order valence-corrected chi connectivity index (χ3v) is 4.33. The fourth-order valence-electron chi connectivity index (χ4n) is 2.22. The Morgan fingerprint density at radius 1 is 1.53 bits per heavy atom. The molecule has 0 saturated heterocycles. The first-order chi connectivity index (χ1) is 7.28. The molecule has 1 aromatic rings. The van der Waals surface area contributed by atoms with E-state index in [0.29, 0.717) is 0 Å². The Balaban J connectivity index is 1.77. The van der Waals surface area contributed by atoms with Crippen LogP contribution in [-0.4, -0.2) is 11.0 Å². The molecule has 15 heavy (non-hydrogen) atoms. The molecule has 3 heteroatoms. The average Bonchev–Trinajstić information content (AvgIpc) is 2.83. The van der Waals surface area contributed by atoms with E-state index >= 15 is 0 Å². The van der Waals surface area contributed by atoms with Crippen molar-refractivity contribution in [3.8, 4) is 0 Å². The minimum absolute atomic E-state index is 0.731. The lowest BCUT2D eigenvalue weighted by Crippen LogP contribution is -2.25. The van der Waals surface area contributed by atoms with Gasteiger partial charge >= 0.3 is 0 Å². The summed E-state index contributed by atoms with van der Waals surface area (Å²) in [6.45, 7) is 5.49. The van der Waals surface area contributed by atoms with E-state index in [-0.39, 0.29) is 0 Å². The quantitative estimate of drug-likeness (QED) is 0.850. The van der Waals surface area contributed by atoms with Crippen LogP contribution in [-0.2, 0) is 13.0 Å². The molecule has 0 bridgehead atoms. The maximum atomic E-state index is 4.42. The van der Waals surface area contributed by atoms with Gasteiger partial charge in [-0.1, -0.05) is 13.8 Å². The van der Waals surface area contributed by atoms with Gasteiger partial charge in [-0.15, -0.1) is 11.3 Å². The zero-order valence-electron chi connectivity index (χ0n) is 9.62. The van der Waals surface area contributed by atoms with E-state index in [1.54, 1.807) is 0 Å². The van der Waals surface area contributed by atoms with Gasteiger partial charge < -0.3 is 5.32 Å². The molecule has 1 fully saturated rings. The van der Waals surface area contributed by atoms with Crippen LogP contribution in [0.25, 0.3) is 0 Å². The van der Waals surface area contributed by atoms with Crippen molar-refractivity contribution in [3.63, 3.8) is 0 Å². The molecule has 0 aromatic carbocycles. The van der Waals surface area contributed by atoms with E-state index in [1.807, 2.05) is 17.5 Å². The molecule has 2 rings (SSSR count). The minimum atomic E-state index is 0.731. The number of hydrogen-bond acceptors (Lipinski definition) is 3. The lowest BCUT2D eigenvalue weighted by Gasteiger charge is -2.10. The summed E-state index contributed by atoms with van der Waals surface area (Å²) >= 11 is 1.84. The lowest BCUT2D eigenvalue weighted by molar-refractivity contribution is 0.501. The van der Waals surface area contributed by atoms with Crippen LogP contribution >= 0.6 is 11.3 Å². The lowest BCUT2D eigenvalue weighted by atomic mass is 10.1. The number of nitrogens with zero attached hydrogens (tertiary/aromatic N) is 1. The van der Waals surface area contributed by atoms with E-state index in [1.165, 1.54) is 29.1 Å². The number of aryl methyl sites for hydroxylation is 1. The first kappa shape index (κ1) is 11.1. The standard InChI is InChI=1S/C12H20N2S/c1-3-11-7-14-12(15-11)8-13-10-5-4-9(2)6-10/h7,9-10,13H,3-6,8H2,1-2H3. The number of hydrogen-bond donors (Lipinski definition) is 1. The fraction of sp³-hybridized carbons (Fsp3) is 0.750. The van der Waals surface area contributed by atoms with Crippen molar-refractivity contribution in [3.05, 3.63) is 16.1 Å². The molecule has 2 unspecified atom stereocenters. The molecule has 0 spiro atoms. The molecular weight excluding hydrogens is 204 g/mol. The van der Waals surface area contributed by atoms with Gasteiger partial charge in [0.25, 0.3) is 0 Å². The third-order valence-electron chi connectivity index (χ3n) is 3.19. The summed E-state index contributed by atoms with van der Waals surface area (Å²) in [5, 5.41) is 4.86. The SMILES string of the molecule is CCc1cnc(CNC2CCC(C)C2)s1. The van der Waals surface area contributed by atoms with Crippen LogP contribution in [0.15, 0.2) is 6.20 Å². The maximum Gasteiger partial charge on any atom is 0.107 e. The minimum Gasteiger partial charge on any atom is -0.308 e. The number of nitrogens with one attached hydrogen (secondary N) is 1. The second kappa shape index (κ2) is 5.08. The molecule has 1 heterocycles. The summed E-state index contributed by atoms with van der Waals surface area (Å²) in [5.41, 5.74) is 0. The third kappa shape index (κ3) is 3.02. The van der Waals surface area contributed by atoms with Crippen LogP contribution in [0.5, 0.6) is 0 Å². The van der Waals surface area contributed by atoms with Crippen LogP contribution in [0.4, 0.5) is 0 Å². The number of thiazole rings is 1. The Labute approximate surface area is 96.1 Å². The molecular formula is C12H20N2S. The number of rotatable bonds is 4. The van der Waals surface area contributed by atoms with Crippen molar-refractivity contribution in [2.45, 2.75) is 52.1 Å². The Hall–Kier alpha value is -0.410. The average molecular weight is 224 g/mol. The maximum absolute atomic E-state index is 4.42. The fourth-order valence-corrected chi connectivity index (χ4v) is 3.03. The second-order valence-electron chi connectivity index (χ2n) is 4.57. The van der Waals surface area contributed by atoms with E-state index in [2.05, 4.69) is 24.1 Å². The van der Waals surface area contributed by atoms with Crippen molar-refractivity contribution < 1.29 is 0 Å². The molecule has 1 aromatic heterocycles. The van der Waals surface area contributed by atoms with E-state index in [9.17, 15) is 0 Å². The smallest absolute Gasteiger partial charge is 0.107 e. The van der Waals surface area contributed by atoms with Gasteiger partial charge in [0.1, 0.15) is 5.01 Å². The summed E-state index contributed by atoms with van der Waals surface area (Å²) < 4.78 is 0. The molecule has 0 radical (unpaired) electrons. The molecule has 1 aliphatic carbocycles. The largest absolute Gasteiger partial charge is 0.308 e. The van der Waals surface area contributed by atoms with Crippen molar-refractivity contribution >= 4 is 11.3 Å². The first-order valence-corrected chi connectivity index (χ1v) is 6.76. The molecule has 0 amide bonds. The normalized spacial score (nSPS) is 26.0. The molecule has 2 nitrogen and oxygen atoms in total. The second-order valence-corrected chi connectivity index (χ2v) is 5.77. The van der Waals surface area contributed by atoms with Crippen molar-refractivity contribution in [1.82, 2.24) is 10.3 Å². The molecule has 0 aliphatic heterocycles. The van der Waals surface area contributed by atoms with Crippen LogP contribution in [0.2, 0.25) is 0 Å². The zero-order chi connectivity index (χ0) is 10.7. The predicted molar refractivity (Wildman–Crippen MR) is 65.1 cm³/mol. The Morgan fingerprint density at radius 2 is 2.40 bits per heavy atom. The monoisotopic (exact) mass is 224 g/mol. The van der Waals surface area contributed by atoms with Gasteiger partial charge in [0.05, 0.1) is 0 Å². The van der Waals surface area contributed by atoms with Gasteiger partial charge in [0, 0.05) is 23.7 Å². The van der Waals surface area contributed by atoms with Gasteiger partial charge in [-0.3, -0.25) is 0 Å². The first-order valence-electron chi connectivity index (χ1n) is 5.95. The molecule has 1 saturated carbocycles. The highest BCUT2D eigenvalue weighted by molar-refractivity contribution is 7.11. The van der Waals surface area contributed by atoms with Crippen molar-refractivity contribution in [2.24, 2.45) is 5.92 Å². The Morgan fingerprint density at radius 3 is 3.00 bits per heavy atom. The summed E-state index contributed by atoms with van der Waals surface area (Å²) in [6.07, 6.45) is 7.19. The summed E-state index contributed by atoms with van der Waals surface area (Å²) in [6, 6.07) is 0.731. The Kier molecular flexibility index (Phi) is 3.76. The summed E-state index contributed by atoms with van der Waals surface area (Å²) in [4.78, 5) is 5.82. The van der Waals surface area contributed by atoms with Crippen molar-refractivity contribution in [2.75, 3.05) is 0 Å².